The molecule has 1 aromatic heterocycles. The van der Waals surface area contributed by atoms with E-state index in [4.69, 9.17) is 17.0 Å². The lowest BCUT2D eigenvalue weighted by molar-refractivity contribution is 0.415. The fourth-order valence-electron chi connectivity index (χ4n) is 2.86. The summed E-state index contributed by atoms with van der Waals surface area (Å²) in [6.45, 7) is 0. The van der Waals surface area contributed by atoms with Crippen LogP contribution in [-0.2, 0) is 0 Å². The van der Waals surface area contributed by atoms with Crippen molar-refractivity contribution in [3.8, 4) is 17.1 Å². The van der Waals surface area contributed by atoms with Crippen LogP contribution in [0.4, 0.5) is 0 Å². The van der Waals surface area contributed by atoms with E-state index in [2.05, 4.69) is 25.9 Å². The van der Waals surface area contributed by atoms with Crippen LogP contribution in [0.5, 0.6) is 5.75 Å². The van der Waals surface area contributed by atoms with E-state index < -0.39 is 0 Å². The summed E-state index contributed by atoms with van der Waals surface area (Å²) < 4.78 is 6.77. The summed E-state index contributed by atoms with van der Waals surface area (Å²) in [6, 6.07) is 7.87. The predicted octanol–water partition coefficient (Wildman–Crippen LogP) is 5.23. The fraction of sp³-hybridized carbons (Fsp3) is 0.375. The highest BCUT2D eigenvalue weighted by molar-refractivity contribution is 9.10. The molecule has 1 N–H and O–H groups in total. The summed E-state index contributed by atoms with van der Waals surface area (Å²) >= 11 is 9.01. The maximum Gasteiger partial charge on any atom is 0.144 e. The Morgan fingerprint density at radius 1 is 1.24 bits per heavy atom. The number of benzene rings is 1. The van der Waals surface area contributed by atoms with Gasteiger partial charge in [0.15, 0.2) is 0 Å². The van der Waals surface area contributed by atoms with E-state index in [9.17, 15) is 0 Å². The molecular formula is C16H17BrN2OS. The molecule has 1 heterocycles. The van der Waals surface area contributed by atoms with E-state index in [1.807, 2.05) is 24.3 Å². The van der Waals surface area contributed by atoms with Crippen LogP contribution in [0.25, 0.3) is 11.4 Å². The Kier molecular flexibility index (Phi) is 4.40. The van der Waals surface area contributed by atoms with Gasteiger partial charge < -0.3 is 9.72 Å². The molecule has 110 valence electrons. The molecule has 0 atom stereocenters. The van der Waals surface area contributed by atoms with Crippen LogP contribution in [-0.4, -0.2) is 17.1 Å². The maximum atomic E-state index is 5.41. The number of nitrogens with zero attached hydrogens (tertiary/aromatic N) is 1. The molecule has 1 aliphatic carbocycles. The van der Waals surface area contributed by atoms with Gasteiger partial charge in [-0.25, -0.2) is 4.98 Å². The number of hydrogen-bond acceptors (Lipinski definition) is 3. The minimum atomic E-state index is 0.557. The Morgan fingerprint density at radius 3 is 2.52 bits per heavy atom. The van der Waals surface area contributed by atoms with Crippen molar-refractivity contribution < 1.29 is 4.74 Å². The van der Waals surface area contributed by atoms with E-state index in [-0.39, 0.29) is 0 Å². The van der Waals surface area contributed by atoms with E-state index in [1.165, 1.54) is 31.4 Å². The summed E-state index contributed by atoms with van der Waals surface area (Å²) in [5, 5.41) is 0. The molecule has 0 bridgehead atoms. The van der Waals surface area contributed by atoms with E-state index in [1.54, 1.807) is 7.11 Å². The summed E-state index contributed by atoms with van der Waals surface area (Å²) in [5.41, 5.74) is 2.21. The lowest BCUT2D eigenvalue weighted by Crippen LogP contribution is -2.02. The molecule has 1 fully saturated rings. The predicted molar refractivity (Wildman–Crippen MR) is 90.3 cm³/mol. The molecule has 0 unspecified atom stereocenters. The summed E-state index contributed by atoms with van der Waals surface area (Å²) in [4.78, 5) is 7.99. The van der Waals surface area contributed by atoms with E-state index in [0.717, 1.165) is 21.6 Å². The second-order valence-electron chi connectivity index (χ2n) is 5.33. The number of halogens is 1. The first-order valence-corrected chi connectivity index (χ1v) is 8.33. The zero-order valence-corrected chi connectivity index (χ0v) is 14.3. The van der Waals surface area contributed by atoms with Gasteiger partial charge in [-0.15, -0.1) is 0 Å². The zero-order valence-electron chi connectivity index (χ0n) is 11.9. The molecule has 3 rings (SSSR count). The molecule has 0 radical (unpaired) electrons. The molecule has 0 aliphatic heterocycles. The van der Waals surface area contributed by atoms with Crippen molar-refractivity contribution in [3.63, 3.8) is 0 Å². The SMILES string of the molecule is COc1ccc(-c2nc(=S)c(Br)c(C3CCCC3)[nH]2)cc1. The lowest BCUT2D eigenvalue weighted by atomic mass is 10.0. The van der Waals surface area contributed by atoms with Crippen molar-refractivity contribution in [2.24, 2.45) is 0 Å². The Bertz CT molecular complexity index is 690. The second-order valence-corrected chi connectivity index (χ2v) is 6.51. The average Bonchev–Trinajstić information content (AvgIpc) is 3.04. The average molecular weight is 365 g/mol. The first-order chi connectivity index (χ1) is 10.2. The minimum Gasteiger partial charge on any atom is -0.497 e. The van der Waals surface area contributed by atoms with E-state index in [0.29, 0.717) is 10.6 Å². The second kappa shape index (κ2) is 6.28. The van der Waals surface area contributed by atoms with Crippen LogP contribution in [0.1, 0.15) is 37.3 Å². The monoisotopic (exact) mass is 364 g/mol. The largest absolute Gasteiger partial charge is 0.497 e. The highest BCUT2D eigenvalue weighted by atomic mass is 79.9. The summed E-state index contributed by atoms with van der Waals surface area (Å²) in [5.74, 6) is 2.22. The van der Waals surface area contributed by atoms with Crippen molar-refractivity contribution in [3.05, 3.63) is 39.1 Å². The number of hydrogen-bond donors (Lipinski definition) is 1. The number of H-pyrrole nitrogens is 1. The first kappa shape index (κ1) is 14.7. The van der Waals surface area contributed by atoms with Crippen LogP contribution in [0, 0.1) is 4.64 Å². The van der Waals surface area contributed by atoms with Crippen molar-refractivity contribution in [2.75, 3.05) is 7.11 Å². The van der Waals surface area contributed by atoms with Crippen molar-refractivity contribution in [2.45, 2.75) is 31.6 Å². The van der Waals surface area contributed by atoms with Gasteiger partial charge in [-0.1, -0.05) is 25.1 Å². The standard InChI is InChI=1S/C16H17BrN2OS/c1-20-12-8-6-11(7-9-12)15-18-14(10-4-2-3-5-10)13(17)16(21)19-15/h6-10H,2-5H2,1H3,(H,18,19,21). The number of aromatic amines is 1. The molecule has 1 aromatic carbocycles. The molecular weight excluding hydrogens is 348 g/mol. The zero-order chi connectivity index (χ0) is 14.8. The molecule has 5 heteroatoms. The quantitative estimate of drug-likeness (QED) is 0.757. The van der Waals surface area contributed by atoms with E-state index >= 15 is 0 Å². The van der Waals surface area contributed by atoms with Crippen LogP contribution >= 0.6 is 28.1 Å². The summed E-state index contributed by atoms with van der Waals surface area (Å²) in [7, 11) is 1.67. The molecule has 3 nitrogen and oxygen atoms in total. The number of rotatable bonds is 3. The third-order valence-electron chi connectivity index (χ3n) is 4.02. The van der Waals surface area contributed by atoms with Gasteiger partial charge in [0.25, 0.3) is 0 Å². The number of methoxy groups -OCH3 is 1. The molecule has 0 spiro atoms. The molecule has 1 saturated carbocycles. The van der Waals surface area contributed by atoms with Gasteiger partial charge in [0.05, 0.1) is 11.6 Å². The normalized spacial score (nSPS) is 15.3. The summed E-state index contributed by atoms with van der Waals surface area (Å²) in [6.07, 6.45) is 5.02. The van der Waals surface area contributed by atoms with Gasteiger partial charge in [-0.05, 0) is 53.0 Å². The Labute approximate surface area is 137 Å². The van der Waals surface area contributed by atoms with Crippen molar-refractivity contribution in [1.29, 1.82) is 0 Å². The topological polar surface area (TPSA) is 37.9 Å². The smallest absolute Gasteiger partial charge is 0.144 e. The van der Waals surface area contributed by atoms with Gasteiger partial charge in [-0.2, -0.15) is 0 Å². The highest BCUT2D eigenvalue weighted by Gasteiger charge is 2.21. The van der Waals surface area contributed by atoms with Crippen molar-refractivity contribution in [1.82, 2.24) is 9.97 Å². The Hall–Kier alpha value is -1.20. The third-order valence-corrected chi connectivity index (χ3v) is 5.38. The van der Waals surface area contributed by atoms with Crippen LogP contribution < -0.4 is 4.74 Å². The van der Waals surface area contributed by atoms with Gasteiger partial charge in [0.2, 0.25) is 0 Å². The van der Waals surface area contributed by atoms with Crippen LogP contribution in [0.2, 0.25) is 0 Å². The van der Waals surface area contributed by atoms with Gasteiger partial charge in [-0.3, -0.25) is 0 Å². The maximum absolute atomic E-state index is 5.41. The first-order valence-electron chi connectivity index (χ1n) is 7.13. The van der Waals surface area contributed by atoms with Gasteiger partial charge in [0, 0.05) is 17.2 Å². The number of aromatic nitrogens is 2. The molecule has 0 amide bonds. The molecule has 1 aliphatic rings. The Morgan fingerprint density at radius 2 is 1.90 bits per heavy atom. The minimum absolute atomic E-state index is 0.557. The molecule has 2 aromatic rings. The van der Waals surface area contributed by atoms with Gasteiger partial charge in [0.1, 0.15) is 16.2 Å². The van der Waals surface area contributed by atoms with Gasteiger partial charge >= 0.3 is 0 Å². The molecule has 0 saturated heterocycles. The van der Waals surface area contributed by atoms with Crippen LogP contribution in [0.3, 0.4) is 0 Å². The van der Waals surface area contributed by atoms with Crippen molar-refractivity contribution >= 4 is 28.1 Å². The number of ether oxygens (including phenoxy) is 1. The van der Waals surface area contributed by atoms with Crippen LogP contribution in [0.15, 0.2) is 28.7 Å². The number of nitrogens with one attached hydrogen (secondary N) is 1. The molecule has 21 heavy (non-hydrogen) atoms. The fourth-order valence-corrected chi connectivity index (χ4v) is 3.57. The highest BCUT2D eigenvalue weighted by Crippen LogP contribution is 2.37. The third kappa shape index (κ3) is 3.04. The Balaban J connectivity index is 2.03. The lowest BCUT2D eigenvalue weighted by Gasteiger charge is -2.14.